The third-order valence-electron chi connectivity index (χ3n) is 5.83. The van der Waals surface area contributed by atoms with Gasteiger partial charge >= 0.3 is 5.97 Å². The van der Waals surface area contributed by atoms with Gasteiger partial charge in [-0.3, -0.25) is 0 Å². The number of nitrogens with zero attached hydrogens (tertiary/aromatic N) is 8. The fourth-order valence-corrected chi connectivity index (χ4v) is 5.10. The van der Waals surface area contributed by atoms with E-state index in [9.17, 15) is 4.79 Å². The van der Waals surface area contributed by atoms with Gasteiger partial charge in [0, 0.05) is 65.6 Å². The molecular weight excluding hydrogens is 516 g/mol. The molecule has 0 aromatic carbocycles. The predicted molar refractivity (Wildman–Crippen MR) is 148 cm³/mol. The molecule has 5 heterocycles. The van der Waals surface area contributed by atoms with Crippen molar-refractivity contribution < 1.29 is 19.4 Å². The van der Waals surface area contributed by atoms with Crippen LogP contribution in [0.4, 0.5) is 10.3 Å². The van der Waals surface area contributed by atoms with Crippen LogP contribution in [0.3, 0.4) is 0 Å². The molecule has 0 unspecified atom stereocenters. The molecule has 0 saturated carbocycles. The lowest BCUT2D eigenvalue weighted by Gasteiger charge is -2.31. The lowest BCUT2D eigenvalue weighted by molar-refractivity contribution is 0.0525. The summed E-state index contributed by atoms with van der Waals surface area (Å²) in [6.45, 7) is 12.1. The molecule has 0 bridgehead atoms. The molecule has 0 aliphatic carbocycles. The highest BCUT2D eigenvalue weighted by Crippen LogP contribution is 2.22. The first-order chi connectivity index (χ1) is 17.5. The van der Waals surface area contributed by atoms with Crippen LogP contribution in [0.1, 0.15) is 42.0 Å². The Morgan fingerprint density at radius 3 is 1.81 bits per heavy atom. The smallest absolute Gasteiger partial charge is 0.369 e. The minimum Gasteiger partial charge on any atom is -0.461 e. The van der Waals surface area contributed by atoms with Crippen molar-refractivity contribution in [2.24, 2.45) is 0 Å². The normalized spacial score (nSPS) is 18.3. The summed E-state index contributed by atoms with van der Waals surface area (Å²) in [6.07, 6.45) is 2.56. The average Bonchev–Trinajstić information content (AvgIpc) is 3.69. The summed E-state index contributed by atoms with van der Waals surface area (Å²) < 4.78 is 9.83. The summed E-state index contributed by atoms with van der Waals surface area (Å²) in [5.41, 5.74) is 0. The summed E-state index contributed by atoms with van der Waals surface area (Å²) in [5.74, 6) is -0.384. The van der Waals surface area contributed by atoms with Gasteiger partial charge in [-0.15, -0.1) is 20.4 Å². The predicted octanol–water partition coefficient (Wildman–Crippen LogP) is 1.68. The Hall–Kier alpha value is -1.97. The molecule has 0 spiro atoms. The number of hydrogen-bond donors (Lipinski definition) is 1. The Balaban J connectivity index is 0.000000216. The molecule has 2 aromatic heterocycles. The topological polar surface area (TPSA) is 120 Å². The first-order valence-electron chi connectivity index (χ1n) is 12.4. The second kappa shape index (κ2) is 16.8. The van der Waals surface area contributed by atoms with Crippen molar-refractivity contribution in [3.63, 3.8) is 0 Å². The van der Waals surface area contributed by atoms with E-state index in [1.165, 1.54) is 35.5 Å². The molecule has 5 rings (SSSR count). The second-order valence-corrected chi connectivity index (χ2v) is 10.6. The number of aliphatic hydroxyl groups is 1. The van der Waals surface area contributed by atoms with E-state index in [1.54, 1.807) is 6.92 Å². The molecule has 12 nitrogen and oxygen atoms in total. The van der Waals surface area contributed by atoms with Gasteiger partial charge in [-0.1, -0.05) is 30.1 Å². The molecule has 1 N–H and O–H groups in total. The van der Waals surface area contributed by atoms with Gasteiger partial charge in [-0.05, 0) is 33.9 Å². The molecule has 37 heavy (non-hydrogen) atoms. The van der Waals surface area contributed by atoms with E-state index >= 15 is 0 Å². The van der Waals surface area contributed by atoms with Crippen LogP contribution in [0.2, 0.25) is 0 Å². The van der Waals surface area contributed by atoms with E-state index in [1.807, 2.05) is 0 Å². The summed E-state index contributed by atoms with van der Waals surface area (Å²) in [7, 11) is 4.22. The van der Waals surface area contributed by atoms with E-state index in [4.69, 9.17) is 14.6 Å². The number of ether oxygens (including phenoxy) is 2. The minimum absolute atomic E-state index is 0. The lowest BCUT2D eigenvalue weighted by atomic mass is 10.3. The Morgan fingerprint density at radius 2 is 1.38 bits per heavy atom. The van der Waals surface area contributed by atoms with Crippen molar-refractivity contribution in [1.82, 2.24) is 30.2 Å². The highest BCUT2D eigenvalue weighted by atomic mass is 32.1. The van der Waals surface area contributed by atoms with Gasteiger partial charge in [-0.25, -0.2) is 4.79 Å². The fraction of sp³-hybridized carbons (Fsp3) is 0.783. The number of aromatic nitrogens is 4. The minimum atomic E-state index is -0.384. The number of aliphatic hydroxyl groups excluding tert-OH is 1. The van der Waals surface area contributed by atoms with Crippen LogP contribution >= 0.6 is 22.7 Å². The van der Waals surface area contributed by atoms with Crippen molar-refractivity contribution in [2.75, 3.05) is 96.1 Å². The van der Waals surface area contributed by atoms with Gasteiger partial charge in [0.15, 0.2) is 0 Å². The Kier molecular flexibility index (Phi) is 14.2. The maximum atomic E-state index is 11.5. The van der Waals surface area contributed by atoms with Gasteiger partial charge < -0.3 is 34.2 Å². The average molecular weight is 559 g/mol. The van der Waals surface area contributed by atoms with Crippen LogP contribution in [0.5, 0.6) is 0 Å². The van der Waals surface area contributed by atoms with Crippen molar-refractivity contribution >= 4 is 38.9 Å². The maximum absolute atomic E-state index is 11.5. The number of likely N-dealkylation sites (N-methyl/N-ethyl adjacent to an activating group) is 2. The number of carbonyl (C=O) groups is 1. The van der Waals surface area contributed by atoms with E-state index < -0.39 is 0 Å². The highest BCUT2D eigenvalue weighted by molar-refractivity contribution is 7.17. The lowest BCUT2D eigenvalue weighted by Crippen LogP contribution is -2.44. The van der Waals surface area contributed by atoms with Gasteiger partial charge in [0.2, 0.25) is 15.3 Å². The second-order valence-electron chi connectivity index (χ2n) is 8.65. The van der Waals surface area contributed by atoms with Crippen LogP contribution < -0.4 is 9.80 Å². The zero-order chi connectivity index (χ0) is 25.8. The first-order valence-corrected chi connectivity index (χ1v) is 14.0. The summed E-state index contributed by atoms with van der Waals surface area (Å²) in [6, 6.07) is 0. The summed E-state index contributed by atoms with van der Waals surface area (Å²) in [5, 5.41) is 27.5. The zero-order valence-electron chi connectivity index (χ0n) is 21.5. The monoisotopic (exact) mass is 558 g/mol. The number of rotatable bonds is 5. The van der Waals surface area contributed by atoms with Gasteiger partial charge in [0.25, 0.3) is 0 Å². The highest BCUT2D eigenvalue weighted by Gasteiger charge is 2.21. The molecule has 14 heteroatoms. The molecule has 0 amide bonds. The molecule has 3 fully saturated rings. The van der Waals surface area contributed by atoms with Crippen LogP contribution in [-0.2, 0) is 16.1 Å². The van der Waals surface area contributed by atoms with Crippen LogP contribution in [0.25, 0.3) is 0 Å². The molecule has 3 aliphatic heterocycles. The fourth-order valence-electron chi connectivity index (χ4n) is 3.56. The van der Waals surface area contributed by atoms with Crippen molar-refractivity contribution in [3.8, 4) is 0 Å². The van der Waals surface area contributed by atoms with Crippen molar-refractivity contribution in [2.45, 2.75) is 33.8 Å². The van der Waals surface area contributed by atoms with Gasteiger partial charge in [-0.2, -0.15) is 0 Å². The van der Waals surface area contributed by atoms with Crippen LogP contribution in [-0.4, -0.2) is 128 Å². The quantitative estimate of drug-likeness (QED) is 0.538. The van der Waals surface area contributed by atoms with Crippen LogP contribution in [0, 0.1) is 0 Å². The van der Waals surface area contributed by atoms with E-state index in [0.29, 0.717) is 16.6 Å². The maximum Gasteiger partial charge on any atom is 0.369 e. The number of hydrogen-bond acceptors (Lipinski definition) is 14. The van der Waals surface area contributed by atoms with Crippen molar-refractivity contribution in [1.29, 1.82) is 0 Å². The Labute approximate surface area is 228 Å². The Morgan fingerprint density at radius 1 is 0.865 bits per heavy atom. The molecule has 2 aromatic rings. The molecule has 210 valence electrons. The molecule has 3 aliphatic rings. The molecular formula is C23H42N8O4S2. The number of carbonyl (C=O) groups excluding carboxylic acids is 1. The zero-order valence-corrected chi connectivity index (χ0v) is 23.1. The molecule has 0 radical (unpaired) electrons. The number of anilines is 2. The van der Waals surface area contributed by atoms with Crippen LogP contribution in [0.15, 0.2) is 0 Å². The first kappa shape index (κ1) is 31.2. The number of esters is 1. The third-order valence-corrected chi connectivity index (χ3v) is 7.76. The van der Waals surface area contributed by atoms with Crippen molar-refractivity contribution in [3.05, 3.63) is 10.0 Å². The van der Waals surface area contributed by atoms with Gasteiger partial charge in [0.05, 0.1) is 13.2 Å². The number of piperazine rings is 2. The SMILES string of the molecule is C.C1CCOC1.CCOC(=O)c1nnc(N2CCN(C)CC2)s1.CN1CCN(c2nnc(CO)s2)CC1. The standard InChI is InChI=1S/C10H16N4O2S.C8H14N4OS.C4H8O.CH4/c1-3-16-9(15)8-11-12-10(17-8)14-6-4-13(2)5-7-14;1-11-2-4-12(5-3-11)8-10-9-7(6-13)14-8;1-2-4-5-3-1;/h3-7H2,1-2H3;13H,2-6H2,1H3;1-4H2;1H4. The molecule has 3 saturated heterocycles. The summed E-state index contributed by atoms with van der Waals surface area (Å²) >= 11 is 2.78. The van der Waals surface area contributed by atoms with E-state index in [0.717, 1.165) is 75.8 Å². The largest absolute Gasteiger partial charge is 0.461 e. The Bertz CT molecular complexity index is 887. The van der Waals surface area contributed by atoms with E-state index in [2.05, 4.69) is 54.1 Å². The van der Waals surface area contributed by atoms with Gasteiger partial charge in [0.1, 0.15) is 5.01 Å². The molecule has 0 atom stereocenters. The summed E-state index contributed by atoms with van der Waals surface area (Å²) in [4.78, 5) is 20.4. The van der Waals surface area contributed by atoms with E-state index in [-0.39, 0.29) is 20.0 Å². The third kappa shape index (κ3) is 10.4.